The van der Waals surface area contributed by atoms with Crippen molar-refractivity contribution in [2.24, 2.45) is 0 Å². The summed E-state index contributed by atoms with van der Waals surface area (Å²) in [5.41, 5.74) is 0.350. The van der Waals surface area contributed by atoms with E-state index in [1.807, 2.05) is 0 Å². The van der Waals surface area contributed by atoms with Gasteiger partial charge >= 0.3 is 5.97 Å². The van der Waals surface area contributed by atoms with Gasteiger partial charge in [0.15, 0.2) is 0 Å². The molecule has 3 heteroatoms. The molecule has 0 aromatic carbocycles. The van der Waals surface area contributed by atoms with Crippen LogP contribution in [0.2, 0.25) is 0 Å². The molecular weight excluding hydrogens is 204 g/mol. The second-order valence-electron chi connectivity index (χ2n) is 4.03. The van der Waals surface area contributed by atoms with Crippen molar-refractivity contribution in [1.82, 2.24) is 0 Å². The summed E-state index contributed by atoms with van der Waals surface area (Å²) in [7, 11) is 0. The van der Waals surface area contributed by atoms with E-state index in [1.165, 1.54) is 32.1 Å². The van der Waals surface area contributed by atoms with Crippen molar-refractivity contribution in [3.05, 3.63) is 11.6 Å². The van der Waals surface area contributed by atoms with Gasteiger partial charge in [0.1, 0.15) is 0 Å². The minimum absolute atomic E-state index is 0.350. The highest BCUT2D eigenvalue weighted by Crippen LogP contribution is 2.04. The molecule has 16 heavy (non-hydrogen) atoms. The van der Waals surface area contributed by atoms with Gasteiger partial charge in [-0.3, -0.25) is 0 Å². The van der Waals surface area contributed by atoms with Gasteiger partial charge in [-0.05, 0) is 19.4 Å². The molecule has 0 spiro atoms. The molecule has 0 heterocycles. The number of rotatable bonds is 10. The largest absolute Gasteiger partial charge is 0.478 e. The van der Waals surface area contributed by atoms with Crippen molar-refractivity contribution in [3.8, 4) is 0 Å². The van der Waals surface area contributed by atoms with Crippen LogP contribution in [0.3, 0.4) is 0 Å². The number of carboxylic acid groups (broad SMARTS) is 1. The van der Waals surface area contributed by atoms with Gasteiger partial charge in [0.05, 0.1) is 6.61 Å². The van der Waals surface area contributed by atoms with Gasteiger partial charge in [0.25, 0.3) is 0 Å². The van der Waals surface area contributed by atoms with Crippen LogP contribution in [0.1, 0.15) is 52.4 Å². The second kappa shape index (κ2) is 10.7. The van der Waals surface area contributed by atoms with E-state index in [9.17, 15) is 4.79 Å². The first-order valence-electron chi connectivity index (χ1n) is 6.16. The van der Waals surface area contributed by atoms with E-state index in [-0.39, 0.29) is 0 Å². The molecule has 0 aliphatic rings. The number of carbonyl (C=O) groups is 1. The van der Waals surface area contributed by atoms with Gasteiger partial charge in [-0.25, -0.2) is 4.79 Å². The molecule has 0 rings (SSSR count). The molecule has 0 bridgehead atoms. The molecule has 0 saturated carbocycles. The summed E-state index contributed by atoms with van der Waals surface area (Å²) < 4.78 is 5.32. The third kappa shape index (κ3) is 9.71. The SMILES string of the molecule is CCCCCCCCOCC=C(C)C(=O)O. The predicted octanol–water partition coefficient (Wildman–Crippen LogP) is 3.39. The van der Waals surface area contributed by atoms with Crippen LogP contribution in [0.25, 0.3) is 0 Å². The summed E-state index contributed by atoms with van der Waals surface area (Å²) in [6.45, 7) is 4.93. The molecule has 0 aliphatic carbocycles. The maximum Gasteiger partial charge on any atom is 0.331 e. The number of hydrogen-bond acceptors (Lipinski definition) is 2. The topological polar surface area (TPSA) is 46.5 Å². The van der Waals surface area contributed by atoms with Crippen LogP contribution in [0, 0.1) is 0 Å². The fraction of sp³-hybridized carbons (Fsp3) is 0.769. The molecule has 0 aromatic heterocycles. The zero-order chi connectivity index (χ0) is 12.2. The van der Waals surface area contributed by atoms with Gasteiger partial charge < -0.3 is 9.84 Å². The molecule has 0 aliphatic heterocycles. The summed E-state index contributed by atoms with van der Waals surface area (Å²) in [6.07, 6.45) is 9.08. The minimum atomic E-state index is -0.872. The van der Waals surface area contributed by atoms with E-state index in [1.54, 1.807) is 13.0 Å². The van der Waals surface area contributed by atoms with Crippen molar-refractivity contribution in [2.75, 3.05) is 13.2 Å². The molecule has 0 atom stereocenters. The Morgan fingerprint density at radius 3 is 2.44 bits per heavy atom. The van der Waals surface area contributed by atoms with Crippen molar-refractivity contribution < 1.29 is 14.6 Å². The van der Waals surface area contributed by atoms with E-state index in [4.69, 9.17) is 9.84 Å². The van der Waals surface area contributed by atoms with E-state index in [0.717, 1.165) is 13.0 Å². The average Bonchev–Trinajstić information content (AvgIpc) is 2.26. The number of carboxylic acids is 1. The normalized spacial score (nSPS) is 11.8. The predicted molar refractivity (Wildman–Crippen MR) is 65.6 cm³/mol. The van der Waals surface area contributed by atoms with Crippen molar-refractivity contribution >= 4 is 5.97 Å². The van der Waals surface area contributed by atoms with E-state index in [2.05, 4.69) is 6.92 Å². The number of ether oxygens (including phenoxy) is 1. The maximum atomic E-state index is 10.4. The van der Waals surface area contributed by atoms with Gasteiger partial charge in [-0.1, -0.05) is 39.0 Å². The van der Waals surface area contributed by atoms with Gasteiger partial charge in [-0.2, -0.15) is 0 Å². The quantitative estimate of drug-likeness (QED) is 0.460. The van der Waals surface area contributed by atoms with Crippen LogP contribution in [-0.2, 0) is 9.53 Å². The molecular formula is C13H24O3. The van der Waals surface area contributed by atoms with Crippen molar-refractivity contribution in [1.29, 1.82) is 0 Å². The Hall–Kier alpha value is -0.830. The van der Waals surface area contributed by atoms with Crippen LogP contribution < -0.4 is 0 Å². The third-order valence-electron chi connectivity index (χ3n) is 2.49. The second-order valence-corrected chi connectivity index (χ2v) is 4.03. The summed E-state index contributed by atoms with van der Waals surface area (Å²) in [4.78, 5) is 10.4. The Morgan fingerprint density at radius 1 is 1.19 bits per heavy atom. The Balaban J connectivity index is 3.21. The average molecular weight is 228 g/mol. The number of aliphatic carboxylic acids is 1. The Labute approximate surface area is 98.5 Å². The van der Waals surface area contributed by atoms with Crippen LogP contribution >= 0.6 is 0 Å². The fourth-order valence-electron chi connectivity index (χ4n) is 1.34. The smallest absolute Gasteiger partial charge is 0.331 e. The lowest BCUT2D eigenvalue weighted by Crippen LogP contribution is -2.00. The lowest BCUT2D eigenvalue weighted by Gasteiger charge is -2.02. The minimum Gasteiger partial charge on any atom is -0.478 e. The Kier molecular flexibility index (Phi) is 10.1. The first kappa shape index (κ1) is 15.2. The summed E-state index contributed by atoms with van der Waals surface area (Å²) >= 11 is 0. The Morgan fingerprint density at radius 2 is 1.81 bits per heavy atom. The monoisotopic (exact) mass is 228 g/mol. The zero-order valence-electron chi connectivity index (χ0n) is 10.5. The maximum absolute atomic E-state index is 10.4. The molecule has 3 nitrogen and oxygen atoms in total. The van der Waals surface area contributed by atoms with E-state index >= 15 is 0 Å². The summed E-state index contributed by atoms with van der Waals surface area (Å²) in [5.74, 6) is -0.872. The highest BCUT2D eigenvalue weighted by molar-refractivity contribution is 5.85. The Bertz CT molecular complexity index is 209. The van der Waals surface area contributed by atoms with Gasteiger partial charge in [0, 0.05) is 12.2 Å². The highest BCUT2D eigenvalue weighted by atomic mass is 16.5. The van der Waals surface area contributed by atoms with E-state index < -0.39 is 5.97 Å². The van der Waals surface area contributed by atoms with Crippen LogP contribution in [0.15, 0.2) is 11.6 Å². The molecule has 0 saturated heterocycles. The van der Waals surface area contributed by atoms with Crippen molar-refractivity contribution in [2.45, 2.75) is 52.4 Å². The number of unbranched alkanes of at least 4 members (excludes halogenated alkanes) is 5. The first-order valence-corrected chi connectivity index (χ1v) is 6.16. The lowest BCUT2D eigenvalue weighted by molar-refractivity contribution is -0.132. The lowest BCUT2D eigenvalue weighted by atomic mass is 10.1. The molecule has 0 fully saturated rings. The summed E-state index contributed by atoms with van der Waals surface area (Å²) in [6, 6.07) is 0. The van der Waals surface area contributed by atoms with E-state index in [0.29, 0.717) is 12.2 Å². The molecule has 1 N–H and O–H groups in total. The van der Waals surface area contributed by atoms with Crippen LogP contribution in [0.5, 0.6) is 0 Å². The third-order valence-corrected chi connectivity index (χ3v) is 2.49. The number of hydrogen-bond donors (Lipinski definition) is 1. The molecule has 94 valence electrons. The molecule has 0 amide bonds. The van der Waals surface area contributed by atoms with Gasteiger partial charge in [-0.15, -0.1) is 0 Å². The molecule has 0 unspecified atom stereocenters. The summed E-state index contributed by atoms with van der Waals surface area (Å²) in [5, 5.41) is 8.58. The molecule has 0 aromatic rings. The van der Waals surface area contributed by atoms with Crippen molar-refractivity contribution in [3.63, 3.8) is 0 Å². The van der Waals surface area contributed by atoms with Gasteiger partial charge in [0.2, 0.25) is 0 Å². The molecule has 0 radical (unpaired) electrons. The highest BCUT2D eigenvalue weighted by Gasteiger charge is 1.97. The fourth-order valence-corrected chi connectivity index (χ4v) is 1.34. The van der Waals surface area contributed by atoms with Crippen LogP contribution in [-0.4, -0.2) is 24.3 Å². The zero-order valence-corrected chi connectivity index (χ0v) is 10.5. The first-order chi connectivity index (χ1) is 7.68. The standard InChI is InChI=1S/C13H24O3/c1-3-4-5-6-7-8-10-16-11-9-12(2)13(14)15/h9H,3-8,10-11H2,1-2H3,(H,14,15). The van der Waals surface area contributed by atoms with Crippen LogP contribution in [0.4, 0.5) is 0 Å².